The van der Waals surface area contributed by atoms with Crippen molar-refractivity contribution in [1.29, 1.82) is 0 Å². The van der Waals surface area contributed by atoms with E-state index in [0.29, 0.717) is 11.6 Å². The molecule has 0 fully saturated rings. The Labute approximate surface area is 159 Å². The van der Waals surface area contributed by atoms with Crippen molar-refractivity contribution in [3.63, 3.8) is 0 Å². The quantitative estimate of drug-likeness (QED) is 0.678. The Hall–Kier alpha value is -1.80. The third-order valence-electron chi connectivity index (χ3n) is 3.22. The van der Waals surface area contributed by atoms with E-state index in [1.807, 2.05) is 31.2 Å². The highest BCUT2D eigenvalue weighted by Gasteiger charge is 2.11. The summed E-state index contributed by atoms with van der Waals surface area (Å²) in [6, 6.07) is 9.68. The minimum Gasteiger partial charge on any atom is -0.360 e. The molecule has 0 bridgehead atoms. The van der Waals surface area contributed by atoms with Crippen molar-refractivity contribution in [2.24, 2.45) is 0 Å². The lowest BCUT2D eigenvalue weighted by atomic mass is 10.1. The van der Waals surface area contributed by atoms with Gasteiger partial charge in [-0.1, -0.05) is 33.2 Å². The zero-order valence-corrected chi connectivity index (χ0v) is 16.4. The summed E-state index contributed by atoms with van der Waals surface area (Å²) < 4.78 is 5.90. The fourth-order valence-electron chi connectivity index (χ4n) is 2.18. The predicted molar refractivity (Wildman–Crippen MR) is 103 cm³/mol. The first-order valence-electron chi connectivity index (χ1n) is 7.77. The second kappa shape index (κ2) is 9.62. The number of carbonyl (C=O) groups is 2. The van der Waals surface area contributed by atoms with E-state index in [-0.39, 0.29) is 29.4 Å². The zero-order chi connectivity index (χ0) is 18.2. The number of nitrogens with zero attached hydrogens (tertiary/aromatic N) is 1. The number of hydrogen-bond donors (Lipinski definition) is 2. The zero-order valence-electron chi connectivity index (χ0n) is 14.0. The molecule has 0 saturated carbocycles. The summed E-state index contributed by atoms with van der Waals surface area (Å²) in [5.74, 6) is 1.13. The van der Waals surface area contributed by atoms with Gasteiger partial charge in [-0.2, -0.15) is 0 Å². The van der Waals surface area contributed by atoms with Gasteiger partial charge in [-0.05, 0) is 38.0 Å². The maximum absolute atomic E-state index is 11.9. The molecule has 0 aliphatic carbocycles. The molecule has 134 valence electrons. The molecule has 25 heavy (non-hydrogen) atoms. The minimum atomic E-state index is -0.214. The van der Waals surface area contributed by atoms with Crippen LogP contribution in [0.1, 0.15) is 18.2 Å². The minimum absolute atomic E-state index is 0.0289. The molecule has 2 amide bonds. The number of thioether (sulfide) groups is 1. The fourth-order valence-corrected chi connectivity index (χ4v) is 3.07. The van der Waals surface area contributed by atoms with E-state index >= 15 is 0 Å². The lowest BCUT2D eigenvalue weighted by molar-refractivity contribution is -0.119. The third-order valence-corrected chi connectivity index (χ3v) is 4.69. The standard InChI is InChI=1S/C17H20BrN3O3S/c1-11(7-13-3-5-14(18)6-4-13)19-16(22)9-25-10-17(23)20-15-8-12(2)24-21-15/h3-6,8,11H,7,9-10H2,1-2H3,(H,19,22)(H,20,21,23)/t11-/m1/s1. The molecule has 6 nitrogen and oxygen atoms in total. The normalized spacial score (nSPS) is 11.8. The number of hydrogen-bond acceptors (Lipinski definition) is 5. The summed E-state index contributed by atoms with van der Waals surface area (Å²) >= 11 is 4.66. The largest absolute Gasteiger partial charge is 0.360 e. The molecule has 2 rings (SSSR count). The third kappa shape index (κ3) is 7.31. The van der Waals surface area contributed by atoms with Gasteiger partial charge in [0.2, 0.25) is 11.8 Å². The topological polar surface area (TPSA) is 84.2 Å². The number of rotatable bonds is 8. The summed E-state index contributed by atoms with van der Waals surface area (Å²) in [5, 5.41) is 9.24. The molecule has 1 atom stereocenters. The first-order chi connectivity index (χ1) is 11.9. The first kappa shape index (κ1) is 19.5. The molecule has 2 N–H and O–H groups in total. The monoisotopic (exact) mass is 425 g/mol. The van der Waals surface area contributed by atoms with Crippen LogP contribution in [-0.2, 0) is 16.0 Å². The summed E-state index contributed by atoms with van der Waals surface area (Å²) in [6.07, 6.45) is 0.760. The van der Waals surface area contributed by atoms with Gasteiger partial charge < -0.3 is 15.2 Å². The van der Waals surface area contributed by atoms with Crippen LogP contribution in [0.15, 0.2) is 39.3 Å². The SMILES string of the molecule is Cc1cc(NC(=O)CSCC(=O)N[C@H](C)Cc2ccc(Br)cc2)no1. The maximum Gasteiger partial charge on any atom is 0.235 e. The van der Waals surface area contributed by atoms with Gasteiger partial charge in [-0.3, -0.25) is 9.59 Å². The molecule has 2 aromatic rings. The van der Waals surface area contributed by atoms with Gasteiger partial charge in [0.15, 0.2) is 5.82 Å². The summed E-state index contributed by atoms with van der Waals surface area (Å²) in [6.45, 7) is 3.71. The molecule has 0 aliphatic heterocycles. The van der Waals surface area contributed by atoms with Crippen LogP contribution in [0.3, 0.4) is 0 Å². The van der Waals surface area contributed by atoms with E-state index in [9.17, 15) is 9.59 Å². The second-order valence-corrected chi connectivity index (χ2v) is 7.56. The van der Waals surface area contributed by atoms with Crippen LogP contribution >= 0.6 is 27.7 Å². The van der Waals surface area contributed by atoms with E-state index in [0.717, 1.165) is 16.5 Å². The number of aromatic nitrogens is 1. The summed E-state index contributed by atoms with van der Waals surface area (Å²) in [5.41, 5.74) is 1.16. The van der Waals surface area contributed by atoms with Crippen LogP contribution in [0, 0.1) is 6.92 Å². The van der Waals surface area contributed by atoms with Gasteiger partial charge >= 0.3 is 0 Å². The summed E-state index contributed by atoms with van der Waals surface area (Å²) in [4.78, 5) is 23.7. The van der Waals surface area contributed by atoms with E-state index in [1.165, 1.54) is 11.8 Å². The Bertz CT molecular complexity index is 718. The fraction of sp³-hybridized carbons (Fsp3) is 0.353. The van der Waals surface area contributed by atoms with E-state index in [2.05, 4.69) is 31.7 Å². The Morgan fingerprint density at radius 3 is 2.56 bits per heavy atom. The van der Waals surface area contributed by atoms with Gasteiger partial charge in [0.1, 0.15) is 5.76 Å². The molecule has 0 saturated heterocycles. The molecule has 1 heterocycles. The molecule has 1 aromatic carbocycles. The molecule has 8 heteroatoms. The van der Waals surface area contributed by atoms with Gasteiger partial charge in [0.05, 0.1) is 11.5 Å². The van der Waals surface area contributed by atoms with Crippen LogP contribution in [0.4, 0.5) is 5.82 Å². The number of anilines is 1. The Morgan fingerprint density at radius 2 is 1.92 bits per heavy atom. The molecular formula is C17H20BrN3O3S. The molecular weight excluding hydrogens is 406 g/mol. The van der Waals surface area contributed by atoms with Crippen molar-refractivity contribution in [3.05, 3.63) is 46.1 Å². The van der Waals surface area contributed by atoms with E-state index < -0.39 is 0 Å². The summed E-state index contributed by atoms with van der Waals surface area (Å²) in [7, 11) is 0. The van der Waals surface area contributed by atoms with Crippen LogP contribution in [0.25, 0.3) is 0 Å². The average Bonchev–Trinajstić information content (AvgIpc) is 2.94. The van der Waals surface area contributed by atoms with Crippen LogP contribution in [0.5, 0.6) is 0 Å². The van der Waals surface area contributed by atoms with Gasteiger partial charge in [0, 0.05) is 16.6 Å². The van der Waals surface area contributed by atoms with Crippen molar-refractivity contribution >= 4 is 45.3 Å². The lowest BCUT2D eigenvalue weighted by Gasteiger charge is -2.14. The highest BCUT2D eigenvalue weighted by Crippen LogP contribution is 2.12. The second-order valence-electron chi connectivity index (χ2n) is 5.66. The average molecular weight is 426 g/mol. The lowest BCUT2D eigenvalue weighted by Crippen LogP contribution is -2.35. The van der Waals surface area contributed by atoms with Crippen molar-refractivity contribution in [2.75, 3.05) is 16.8 Å². The number of amides is 2. The number of nitrogens with one attached hydrogen (secondary N) is 2. The van der Waals surface area contributed by atoms with Crippen LogP contribution in [0.2, 0.25) is 0 Å². The van der Waals surface area contributed by atoms with Gasteiger partial charge in [-0.25, -0.2) is 0 Å². The predicted octanol–water partition coefficient (Wildman–Crippen LogP) is 3.16. The van der Waals surface area contributed by atoms with Crippen molar-refractivity contribution < 1.29 is 14.1 Å². The Kier molecular flexibility index (Phi) is 7.52. The smallest absolute Gasteiger partial charge is 0.235 e. The number of aryl methyl sites for hydroxylation is 1. The van der Waals surface area contributed by atoms with Crippen molar-refractivity contribution in [3.8, 4) is 0 Å². The molecule has 0 aliphatic rings. The molecule has 0 spiro atoms. The molecule has 0 unspecified atom stereocenters. The van der Waals surface area contributed by atoms with Gasteiger partial charge in [-0.15, -0.1) is 11.8 Å². The van der Waals surface area contributed by atoms with Gasteiger partial charge in [0.25, 0.3) is 0 Å². The highest BCUT2D eigenvalue weighted by atomic mass is 79.9. The Balaban J connectivity index is 1.64. The van der Waals surface area contributed by atoms with Crippen molar-refractivity contribution in [2.45, 2.75) is 26.3 Å². The van der Waals surface area contributed by atoms with E-state index in [1.54, 1.807) is 13.0 Å². The van der Waals surface area contributed by atoms with Crippen molar-refractivity contribution in [1.82, 2.24) is 10.5 Å². The highest BCUT2D eigenvalue weighted by molar-refractivity contribution is 9.10. The Morgan fingerprint density at radius 1 is 1.24 bits per heavy atom. The molecule has 0 radical (unpaired) electrons. The van der Waals surface area contributed by atoms with Crippen LogP contribution in [-0.4, -0.2) is 34.5 Å². The number of carbonyl (C=O) groups excluding carboxylic acids is 2. The molecule has 1 aromatic heterocycles. The van der Waals surface area contributed by atoms with Crippen LogP contribution < -0.4 is 10.6 Å². The number of benzene rings is 1. The van der Waals surface area contributed by atoms with E-state index in [4.69, 9.17) is 4.52 Å². The maximum atomic E-state index is 11.9. The number of halogens is 1. The first-order valence-corrected chi connectivity index (χ1v) is 9.72.